The Hall–Kier alpha value is -2.89. The van der Waals surface area contributed by atoms with Gasteiger partial charge in [0, 0.05) is 30.3 Å². The van der Waals surface area contributed by atoms with Crippen LogP contribution in [0.1, 0.15) is 37.0 Å². The molecule has 1 fully saturated rings. The first-order chi connectivity index (χ1) is 13.4. The number of carbonyl (C=O) groups excluding carboxylic acids is 2. The summed E-state index contributed by atoms with van der Waals surface area (Å²) >= 11 is 0. The Morgan fingerprint density at radius 2 is 1.79 bits per heavy atom. The zero-order chi connectivity index (χ0) is 20.1. The van der Waals surface area contributed by atoms with Crippen molar-refractivity contribution in [3.8, 4) is 5.75 Å². The van der Waals surface area contributed by atoms with Crippen molar-refractivity contribution >= 4 is 17.5 Å². The third kappa shape index (κ3) is 5.09. The molecule has 1 saturated heterocycles. The second-order valence-electron chi connectivity index (χ2n) is 7.26. The molecule has 5 nitrogen and oxygen atoms in total. The minimum atomic E-state index is -0.426. The van der Waals surface area contributed by atoms with Crippen molar-refractivity contribution in [2.24, 2.45) is 5.92 Å². The standard InChI is InChI=1S/C22H25FN2O3/c1-15(2)28-20-8-6-19(7-9-20)24-21(26)16-10-12-25(13-11-16)22(27)17-4-3-5-18(23)14-17/h3-9,14-16H,10-13H2,1-2H3,(H,24,26). The van der Waals surface area contributed by atoms with Gasteiger partial charge in [0.05, 0.1) is 6.10 Å². The van der Waals surface area contributed by atoms with E-state index < -0.39 is 5.82 Å². The molecular formula is C22H25FN2O3. The average Bonchev–Trinajstić information content (AvgIpc) is 2.68. The van der Waals surface area contributed by atoms with E-state index in [0.29, 0.717) is 31.5 Å². The van der Waals surface area contributed by atoms with Crippen LogP contribution in [0.5, 0.6) is 5.75 Å². The van der Waals surface area contributed by atoms with Gasteiger partial charge in [-0.1, -0.05) is 6.07 Å². The zero-order valence-corrected chi connectivity index (χ0v) is 16.2. The summed E-state index contributed by atoms with van der Waals surface area (Å²) in [5.41, 5.74) is 1.06. The van der Waals surface area contributed by atoms with Crippen LogP contribution < -0.4 is 10.1 Å². The van der Waals surface area contributed by atoms with E-state index >= 15 is 0 Å². The van der Waals surface area contributed by atoms with Crippen molar-refractivity contribution in [3.05, 3.63) is 59.9 Å². The molecule has 0 atom stereocenters. The van der Waals surface area contributed by atoms with Gasteiger partial charge in [0.1, 0.15) is 11.6 Å². The first-order valence-corrected chi connectivity index (χ1v) is 9.55. The Kier molecular flexibility index (Phi) is 6.29. The molecule has 6 heteroatoms. The molecule has 1 aliphatic rings. The van der Waals surface area contributed by atoms with Gasteiger partial charge in [0.2, 0.25) is 5.91 Å². The lowest BCUT2D eigenvalue weighted by Gasteiger charge is -2.31. The maximum Gasteiger partial charge on any atom is 0.253 e. The fourth-order valence-corrected chi connectivity index (χ4v) is 3.28. The Balaban J connectivity index is 1.51. The van der Waals surface area contributed by atoms with E-state index in [1.807, 2.05) is 38.1 Å². The van der Waals surface area contributed by atoms with Gasteiger partial charge in [0.15, 0.2) is 0 Å². The minimum absolute atomic E-state index is 0.0459. The van der Waals surface area contributed by atoms with Gasteiger partial charge in [-0.3, -0.25) is 9.59 Å². The van der Waals surface area contributed by atoms with Crippen LogP contribution in [0.15, 0.2) is 48.5 Å². The number of hydrogen-bond acceptors (Lipinski definition) is 3. The van der Waals surface area contributed by atoms with Crippen LogP contribution in [0.2, 0.25) is 0 Å². The molecule has 2 aromatic carbocycles. The maximum absolute atomic E-state index is 13.3. The Labute approximate surface area is 164 Å². The van der Waals surface area contributed by atoms with Crippen molar-refractivity contribution in [2.75, 3.05) is 18.4 Å². The van der Waals surface area contributed by atoms with Gasteiger partial charge in [0.25, 0.3) is 5.91 Å². The van der Waals surface area contributed by atoms with Crippen molar-refractivity contribution in [3.63, 3.8) is 0 Å². The molecule has 1 N–H and O–H groups in total. The van der Waals surface area contributed by atoms with Crippen molar-refractivity contribution in [1.82, 2.24) is 4.90 Å². The van der Waals surface area contributed by atoms with Crippen LogP contribution in [0.3, 0.4) is 0 Å². The number of nitrogens with one attached hydrogen (secondary N) is 1. The fourth-order valence-electron chi connectivity index (χ4n) is 3.28. The summed E-state index contributed by atoms with van der Waals surface area (Å²) in [4.78, 5) is 26.7. The van der Waals surface area contributed by atoms with Gasteiger partial charge < -0.3 is 15.0 Å². The number of ether oxygens (including phenoxy) is 1. The molecule has 0 unspecified atom stereocenters. The van der Waals surface area contributed by atoms with Crippen LogP contribution in [-0.2, 0) is 4.79 Å². The first-order valence-electron chi connectivity index (χ1n) is 9.55. The predicted molar refractivity (Wildman–Crippen MR) is 106 cm³/mol. The number of nitrogens with zero attached hydrogens (tertiary/aromatic N) is 1. The molecule has 2 aromatic rings. The summed E-state index contributed by atoms with van der Waals surface area (Å²) in [6, 6.07) is 13.0. The number of rotatable bonds is 5. The molecule has 0 aliphatic carbocycles. The number of anilines is 1. The van der Waals surface area contributed by atoms with Gasteiger partial charge in [-0.05, 0) is 69.2 Å². The molecule has 0 aromatic heterocycles. The normalized spacial score (nSPS) is 14.8. The van der Waals surface area contributed by atoms with E-state index in [4.69, 9.17) is 4.74 Å². The number of benzene rings is 2. The summed E-state index contributed by atoms with van der Waals surface area (Å²) in [5.74, 6) is -0.0558. The highest BCUT2D eigenvalue weighted by Crippen LogP contribution is 2.22. The molecule has 1 heterocycles. The lowest BCUT2D eigenvalue weighted by Crippen LogP contribution is -2.41. The molecule has 0 spiro atoms. The van der Waals surface area contributed by atoms with Crippen LogP contribution in [0.4, 0.5) is 10.1 Å². The SMILES string of the molecule is CC(C)Oc1ccc(NC(=O)C2CCN(C(=O)c3cccc(F)c3)CC2)cc1. The molecular weight excluding hydrogens is 359 g/mol. The summed E-state index contributed by atoms with van der Waals surface area (Å²) in [6.07, 6.45) is 1.27. The minimum Gasteiger partial charge on any atom is -0.491 e. The van der Waals surface area contributed by atoms with E-state index in [-0.39, 0.29) is 23.8 Å². The number of amides is 2. The number of halogens is 1. The van der Waals surface area contributed by atoms with Gasteiger partial charge in [-0.25, -0.2) is 4.39 Å². The van der Waals surface area contributed by atoms with Crippen molar-refractivity contribution in [2.45, 2.75) is 32.8 Å². The van der Waals surface area contributed by atoms with Gasteiger partial charge >= 0.3 is 0 Å². The molecule has 3 rings (SSSR count). The molecule has 0 radical (unpaired) electrons. The molecule has 148 valence electrons. The third-order valence-electron chi connectivity index (χ3n) is 4.72. The number of hydrogen-bond donors (Lipinski definition) is 1. The van der Waals surface area contributed by atoms with Crippen LogP contribution in [0, 0.1) is 11.7 Å². The Morgan fingerprint density at radius 1 is 1.11 bits per heavy atom. The van der Waals surface area contributed by atoms with Crippen LogP contribution >= 0.6 is 0 Å². The smallest absolute Gasteiger partial charge is 0.253 e. The van der Waals surface area contributed by atoms with Gasteiger partial charge in [-0.15, -0.1) is 0 Å². The second kappa shape index (κ2) is 8.87. The number of carbonyl (C=O) groups is 2. The van der Waals surface area contributed by atoms with E-state index in [2.05, 4.69) is 5.32 Å². The molecule has 1 aliphatic heterocycles. The van der Waals surface area contributed by atoms with Crippen LogP contribution in [0.25, 0.3) is 0 Å². The quantitative estimate of drug-likeness (QED) is 0.844. The summed E-state index contributed by atoms with van der Waals surface area (Å²) in [5, 5.41) is 2.93. The van der Waals surface area contributed by atoms with Crippen molar-refractivity contribution in [1.29, 1.82) is 0 Å². The highest BCUT2D eigenvalue weighted by molar-refractivity contribution is 5.95. The maximum atomic E-state index is 13.3. The fraction of sp³-hybridized carbons (Fsp3) is 0.364. The zero-order valence-electron chi connectivity index (χ0n) is 16.2. The summed E-state index contributed by atoms with van der Waals surface area (Å²) in [6.45, 7) is 4.88. The largest absolute Gasteiger partial charge is 0.491 e. The van der Waals surface area contributed by atoms with E-state index in [1.165, 1.54) is 18.2 Å². The van der Waals surface area contributed by atoms with E-state index in [1.54, 1.807) is 11.0 Å². The Morgan fingerprint density at radius 3 is 2.39 bits per heavy atom. The number of likely N-dealkylation sites (tertiary alicyclic amines) is 1. The molecule has 0 bridgehead atoms. The first kappa shape index (κ1) is 19.9. The van der Waals surface area contributed by atoms with Crippen LogP contribution in [-0.4, -0.2) is 35.9 Å². The highest BCUT2D eigenvalue weighted by atomic mass is 19.1. The number of piperidine rings is 1. The lowest BCUT2D eigenvalue weighted by atomic mass is 9.95. The Bertz CT molecular complexity index is 828. The van der Waals surface area contributed by atoms with Crippen molar-refractivity contribution < 1.29 is 18.7 Å². The van der Waals surface area contributed by atoms with Gasteiger partial charge in [-0.2, -0.15) is 0 Å². The molecule has 2 amide bonds. The topological polar surface area (TPSA) is 58.6 Å². The van der Waals surface area contributed by atoms with E-state index in [0.717, 1.165) is 11.4 Å². The monoisotopic (exact) mass is 384 g/mol. The second-order valence-corrected chi connectivity index (χ2v) is 7.26. The third-order valence-corrected chi connectivity index (χ3v) is 4.72. The summed E-state index contributed by atoms with van der Waals surface area (Å²) in [7, 11) is 0. The highest BCUT2D eigenvalue weighted by Gasteiger charge is 2.28. The summed E-state index contributed by atoms with van der Waals surface area (Å²) < 4.78 is 18.9. The molecule has 0 saturated carbocycles. The molecule has 28 heavy (non-hydrogen) atoms. The lowest BCUT2D eigenvalue weighted by molar-refractivity contribution is -0.121. The average molecular weight is 384 g/mol. The van der Waals surface area contributed by atoms with E-state index in [9.17, 15) is 14.0 Å². The predicted octanol–water partition coefficient (Wildman–Crippen LogP) is 4.10.